The summed E-state index contributed by atoms with van der Waals surface area (Å²) in [5.74, 6) is -0.0754. The van der Waals surface area contributed by atoms with Crippen molar-refractivity contribution in [2.24, 2.45) is 0 Å². The Labute approximate surface area is 123 Å². The zero-order chi connectivity index (χ0) is 15.5. The lowest BCUT2D eigenvalue weighted by atomic mass is 10.2. The van der Waals surface area contributed by atoms with E-state index in [-0.39, 0.29) is 23.8 Å². The van der Waals surface area contributed by atoms with Crippen molar-refractivity contribution < 1.29 is 18.1 Å². The predicted molar refractivity (Wildman–Crippen MR) is 78.2 cm³/mol. The van der Waals surface area contributed by atoms with Gasteiger partial charge in [-0.25, -0.2) is 8.42 Å². The summed E-state index contributed by atoms with van der Waals surface area (Å²) < 4.78 is 27.3. The van der Waals surface area contributed by atoms with Gasteiger partial charge in [0.25, 0.3) is 0 Å². The first-order valence-corrected chi connectivity index (χ1v) is 8.72. The number of nitrogens with zero attached hydrogens (tertiary/aromatic N) is 1. The Hall–Kier alpha value is -1.67. The molecular formula is C13H18N2O5S. The van der Waals surface area contributed by atoms with E-state index >= 15 is 0 Å². The Bertz CT molecular complexity index is 625. The molecule has 1 aliphatic rings. The Morgan fingerprint density at radius 3 is 2.71 bits per heavy atom. The minimum Gasteiger partial charge on any atom is -0.486 e. The summed E-state index contributed by atoms with van der Waals surface area (Å²) >= 11 is 0. The van der Waals surface area contributed by atoms with Crippen molar-refractivity contribution in [3.8, 4) is 5.75 Å². The van der Waals surface area contributed by atoms with Crippen LogP contribution in [0, 0.1) is 10.1 Å². The van der Waals surface area contributed by atoms with Gasteiger partial charge in [0.2, 0.25) is 0 Å². The number of nitro groups is 1. The molecule has 0 heterocycles. The Morgan fingerprint density at radius 2 is 2.14 bits per heavy atom. The van der Waals surface area contributed by atoms with Crippen LogP contribution in [0.15, 0.2) is 18.2 Å². The van der Waals surface area contributed by atoms with Crippen LogP contribution in [0.5, 0.6) is 5.75 Å². The minimum atomic E-state index is -3.15. The van der Waals surface area contributed by atoms with Crippen molar-refractivity contribution in [3.05, 3.63) is 33.9 Å². The third-order valence-electron chi connectivity index (χ3n) is 3.10. The monoisotopic (exact) mass is 314 g/mol. The van der Waals surface area contributed by atoms with Crippen LogP contribution < -0.4 is 10.1 Å². The first-order valence-electron chi connectivity index (χ1n) is 6.66. The van der Waals surface area contributed by atoms with Crippen molar-refractivity contribution in [3.63, 3.8) is 0 Å². The van der Waals surface area contributed by atoms with Crippen molar-refractivity contribution in [1.82, 2.24) is 5.32 Å². The van der Waals surface area contributed by atoms with Gasteiger partial charge in [0.05, 0.1) is 10.7 Å². The first-order chi connectivity index (χ1) is 9.85. The summed E-state index contributed by atoms with van der Waals surface area (Å²) in [6.45, 7) is 0.481. The lowest BCUT2D eigenvalue weighted by Gasteiger charge is -2.08. The van der Waals surface area contributed by atoms with Crippen LogP contribution in [-0.4, -0.2) is 38.0 Å². The van der Waals surface area contributed by atoms with Crippen molar-refractivity contribution >= 4 is 15.5 Å². The summed E-state index contributed by atoms with van der Waals surface area (Å²) in [5, 5.41) is 14.4. The van der Waals surface area contributed by atoms with Crippen LogP contribution in [-0.2, 0) is 16.4 Å². The second-order valence-electron chi connectivity index (χ2n) is 5.19. The Kier molecular flexibility index (Phi) is 4.79. The fraction of sp³-hybridized carbons (Fsp3) is 0.538. The Morgan fingerprint density at radius 1 is 1.43 bits per heavy atom. The maximum Gasteiger partial charge on any atom is 0.311 e. The average Bonchev–Trinajstić information content (AvgIpc) is 3.19. The quantitative estimate of drug-likeness (QED) is 0.573. The molecule has 0 aromatic heterocycles. The van der Waals surface area contributed by atoms with Gasteiger partial charge in [-0.2, -0.15) is 0 Å². The molecule has 8 heteroatoms. The van der Waals surface area contributed by atoms with E-state index in [4.69, 9.17) is 4.74 Å². The van der Waals surface area contributed by atoms with Gasteiger partial charge in [-0.1, -0.05) is 6.07 Å². The van der Waals surface area contributed by atoms with E-state index in [0.717, 1.165) is 24.7 Å². The second kappa shape index (κ2) is 6.40. The number of nitro benzene ring substituents is 1. The molecule has 1 aromatic carbocycles. The number of ether oxygens (including phenoxy) is 1. The molecule has 0 aliphatic heterocycles. The van der Waals surface area contributed by atoms with E-state index in [9.17, 15) is 18.5 Å². The van der Waals surface area contributed by atoms with E-state index < -0.39 is 14.8 Å². The summed E-state index contributed by atoms with van der Waals surface area (Å²) in [5.41, 5.74) is 0.669. The smallest absolute Gasteiger partial charge is 0.311 e. The standard InChI is InChI=1S/C13H18N2O5S/c1-21(18,19)7-6-20-13-5-2-10(8-12(13)15(16)17)9-14-11-3-4-11/h2,5,8,11,14H,3-4,6-7,9H2,1H3. The van der Waals surface area contributed by atoms with Crippen molar-refractivity contribution in [2.45, 2.75) is 25.4 Å². The number of rotatable bonds is 8. The van der Waals surface area contributed by atoms with Gasteiger partial charge < -0.3 is 10.1 Å². The molecule has 0 radical (unpaired) electrons. The molecule has 7 nitrogen and oxygen atoms in total. The third-order valence-corrected chi connectivity index (χ3v) is 4.01. The SMILES string of the molecule is CS(=O)(=O)CCOc1ccc(CNC2CC2)cc1[N+](=O)[O-]. The predicted octanol–water partition coefficient (Wildman–Crippen LogP) is 1.27. The number of nitrogens with one attached hydrogen (secondary N) is 1. The van der Waals surface area contributed by atoms with Gasteiger partial charge in [-0.15, -0.1) is 0 Å². The van der Waals surface area contributed by atoms with Gasteiger partial charge in [-0.3, -0.25) is 10.1 Å². The van der Waals surface area contributed by atoms with Gasteiger partial charge in [0.1, 0.15) is 6.61 Å². The molecule has 116 valence electrons. The van der Waals surface area contributed by atoms with Crippen LogP contribution in [0.4, 0.5) is 5.69 Å². The summed E-state index contributed by atoms with van der Waals surface area (Å²) in [6.07, 6.45) is 3.39. The molecule has 0 amide bonds. The number of benzene rings is 1. The van der Waals surface area contributed by atoms with Gasteiger partial charge >= 0.3 is 5.69 Å². The van der Waals surface area contributed by atoms with Crippen LogP contribution in [0.25, 0.3) is 0 Å². The topological polar surface area (TPSA) is 98.5 Å². The maximum atomic E-state index is 11.1. The summed E-state index contributed by atoms with van der Waals surface area (Å²) in [6, 6.07) is 5.25. The molecule has 0 unspecified atom stereocenters. The van der Waals surface area contributed by atoms with Crippen molar-refractivity contribution in [1.29, 1.82) is 0 Å². The fourth-order valence-electron chi connectivity index (χ4n) is 1.79. The van der Waals surface area contributed by atoms with Crippen LogP contribution in [0.2, 0.25) is 0 Å². The summed E-state index contributed by atoms with van der Waals surface area (Å²) in [4.78, 5) is 10.6. The number of sulfone groups is 1. The molecule has 21 heavy (non-hydrogen) atoms. The first kappa shape index (κ1) is 15.7. The molecule has 1 saturated carbocycles. The summed E-state index contributed by atoms with van der Waals surface area (Å²) in [7, 11) is -3.15. The fourth-order valence-corrected chi connectivity index (χ4v) is 2.18. The highest BCUT2D eigenvalue weighted by Crippen LogP contribution is 2.28. The third kappa shape index (κ3) is 5.31. The maximum absolute atomic E-state index is 11.1. The second-order valence-corrected chi connectivity index (χ2v) is 7.45. The highest BCUT2D eigenvalue weighted by atomic mass is 32.2. The highest BCUT2D eigenvalue weighted by Gasteiger charge is 2.21. The van der Waals surface area contributed by atoms with Gasteiger partial charge in [0.15, 0.2) is 15.6 Å². The minimum absolute atomic E-state index is 0.0961. The lowest BCUT2D eigenvalue weighted by molar-refractivity contribution is -0.385. The molecule has 2 rings (SSSR count). The largest absolute Gasteiger partial charge is 0.486 e. The molecular weight excluding hydrogens is 296 g/mol. The number of hydrogen-bond donors (Lipinski definition) is 1. The van der Waals surface area contributed by atoms with E-state index in [1.165, 1.54) is 12.1 Å². The van der Waals surface area contributed by atoms with Crippen LogP contribution >= 0.6 is 0 Å². The normalized spacial score (nSPS) is 14.9. The average molecular weight is 314 g/mol. The van der Waals surface area contributed by atoms with Crippen molar-refractivity contribution in [2.75, 3.05) is 18.6 Å². The molecule has 0 bridgehead atoms. The van der Waals surface area contributed by atoms with E-state index in [2.05, 4.69) is 5.32 Å². The molecule has 0 saturated heterocycles. The van der Waals surface area contributed by atoms with Crippen LogP contribution in [0.1, 0.15) is 18.4 Å². The van der Waals surface area contributed by atoms with E-state index in [1.54, 1.807) is 6.07 Å². The van der Waals surface area contributed by atoms with Gasteiger partial charge in [0, 0.05) is 24.9 Å². The molecule has 1 N–H and O–H groups in total. The molecule has 1 aromatic rings. The molecule has 1 fully saturated rings. The molecule has 1 aliphatic carbocycles. The molecule has 0 spiro atoms. The zero-order valence-electron chi connectivity index (χ0n) is 11.7. The molecule has 0 atom stereocenters. The van der Waals surface area contributed by atoms with Crippen LogP contribution in [0.3, 0.4) is 0 Å². The van der Waals surface area contributed by atoms with E-state index in [1.807, 2.05) is 0 Å². The Balaban J connectivity index is 2.03. The highest BCUT2D eigenvalue weighted by molar-refractivity contribution is 7.90. The lowest BCUT2D eigenvalue weighted by Crippen LogP contribution is -2.15. The van der Waals surface area contributed by atoms with E-state index in [0.29, 0.717) is 12.6 Å². The zero-order valence-corrected chi connectivity index (χ0v) is 12.6. The number of hydrogen-bond acceptors (Lipinski definition) is 6. The van der Waals surface area contributed by atoms with Gasteiger partial charge in [-0.05, 0) is 24.5 Å².